The maximum absolute atomic E-state index is 13.4. The number of hydrogen-bond donors (Lipinski definition) is 1. The van der Waals surface area contributed by atoms with Crippen LogP contribution in [0.25, 0.3) is 10.9 Å². The van der Waals surface area contributed by atoms with Crippen LogP contribution in [-0.4, -0.2) is 50.6 Å². The second-order valence-electron chi connectivity index (χ2n) is 6.79. The van der Waals surface area contributed by atoms with Crippen LogP contribution in [0, 0.1) is 0 Å². The fourth-order valence-electron chi connectivity index (χ4n) is 3.58. The van der Waals surface area contributed by atoms with Gasteiger partial charge in [-0.05, 0) is 45.8 Å². The number of ether oxygens (including phenoxy) is 1. The second-order valence-corrected chi connectivity index (χ2v) is 9.43. The Kier molecular flexibility index (Phi) is 5.46. The molecule has 0 unspecified atom stereocenters. The van der Waals surface area contributed by atoms with Crippen LogP contribution in [0.2, 0.25) is 0 Å². The normalized spacial score (nSPS) is 15.8. The number of para-hydroxylation sites is 1. The number of rotatable bonds is 5. The van der Waals surface area contributed by atoms with E-state index in [1.807, 2.05) is 24.3 Å². The highest BCUT2D eigenvalue weighted by molar-refractivity contribution is 9.10. The van der Waals surface area contributed by atoms with E-state index in [0.717, 1.165) is 43.7 Å². The molecular formula is C20H22BrN3O3S. The minimum atomic E-state index is -3.76. The van der Waals surface area contributed by atoms with Crippen LogP contribution >= 0.6 is 15.9 Å². The molecule has 0 atom stereocenters. The Morgan fingerprint density at radius 3 is 2.61 bits per heavy atom. The average Bonchev–Trinajstić information content (AvgIpc) is 3.08. The number of hydrogen-bond acceptors (Lipinski definition) is 5. The van der Waals surface area contributed by atoms with E-state index in [0.29, 0.717) is 15.7 Å². The van der Waals surface area contributed by atoms with Gasteiger partial charge < -0.3 is 10.1 Å². The van der Waals surface area contributed by atoms with Crippen molar-refractivity contribution in [2.75, 3.05) is 33.3 Å². The summed E-state index contributed by atoms with van der Waals surface area (Å²) in [5.74, 6) is 0.600. The summed E-state index contributed by atoms with van der Waals surface area (Å²) in [5, 5.41) is 4.31. The Labute approximate surface area is 173 Å². The summed E-state index contributed by atoms with van der Waals surface area (Å²) in [7, 11) is -2.20. The van der Waals surface area contributed by atoms with Gasteiger partial charge in [0.15, 0.2) is 0 Å². The van der Waals surface area contributed by atoms with Crippen molar-refractivity contribution in [1.29, 1.82) is 0 Å². The summed E-state index contributed by atoms with van der Waals surface area (Å²) in [5.41, 5.74) is 1.71. The zero-order valence-corrected chi connectivity index (χ0v) is 18.0. The molecule has 1 N–H and O–H groups in total. The van der Waals surface area contributed by atoms with Crippen LogP contribution in [0.4, 0.5) is 0 Å². The number of aromatic nitrogens is 1. The summed E-state index contributed by atoms with van der Waals surface area (Å²) in [6.45, 7) is 4.55. The van der Waals surface area contributed by atoms with E-state index in [1.54, 1.807) is 31.5 Å². The highest BCUT2D eigenvalue weighted by Crippen LogP contribution is 2.32. The molecule has 0 saturated carbocycles. The van der Waals surface area contributed by atoms with Gasteiger partial charge in [0.05, 0.1) is 12.6 Å². The Morgan fingerprint density at radius 2 is 1.89 bits per heavy atom. The lowest BCUT2D eigenvalue weighted by molar-refractivity contribution is 0.234. The van der Waals surface area contributed by atoms with E-state index in [-0.39, 0.29) is 4.90 Å². The van der Waals surface area contributed by atoms with Gasteiger partial charge in [-0.1, -0.05) is 18.2 Å². The minimum absolute atomic E-state index is 0.211. The SMILES string of the molecule is COc1ccc(S(=O)(=O)n2cc(CN3CCNCC3)c3ccccc32)c(Br)c1. The molecule has 3 aromatic rings. The van der Waals surface area contributed by atoms with Crippen LogP contribution in [-0.2, 0) is 16.6 Å². The minimum Gasteiger partial charge on any atom is -0.497 e. The first-order chi connectivity index (χ1) is 13.5. The molecule has 28 heavy (non-hydrogen) atoms. The lowest BCUT2D eigenvalue weighted by Gasteiger charge is -2.26. The molecule has 1 fully saturated rings. The number of piperazine rings is 1. The molecule has 1 saturated heterocycles. The molecule has 148 valence electrons. The summed E-state index contributed by atoms with van der Waals surface area (Å²) in [6.07, 6.45) is 1.76. The van der Waals surface area contributed by atoms with Crippen LogP contribution in [0.3, 0.4) is 0 Å². The number of nitrogens with zero attached hydrogens (tertiary/aromatic N) is 2. The lowest BCUT2D eigenvalue weighted by atomic mass is 10.1. The molecule has 0 aliphatic carbocycles. The number of fused-ring (bicyclic) bond motifs is 1. The van der Waals surface area contributed by atoms with Gasteiger partial charge >= 0.3 is 0 Å². The number of methoxy groups -OCH3 is 1. The van der Waals surface area contributed by atoms with E-state index in [2.05, 4.69) is 26.1 Å². The van der Waals surface area contributed by atoms with Crippen molar-refractivity contribution in [3.8, 4) is 5.75 Å². The highest BCUT2D eigenvalue weighted by atomic mass is 79.9. The number of nitrogens with one attached hydrogen (secondary N) is 1. The van der Waals surface area contributed by atoms with Gasteiger partial charge in [0.25, 0.3) is 10.0 Å². The van der Waals surface area contributed by atoms with Crippen LogP contribution < -0.4 is 10.1 Å². The van der Waals surface area contributed by atoms with Crippen molar-refractivity contribution in [1.82, 2.24) is 14.2 Å². The van der Waals surface area contributed by atoms with Crippen molar-refractivity contribution in [2.45, 2.75) is 11.4 Å². The summed E-state index contributed by atoms with van der Waals surface area (Å²) >= 11 is 3.38. The summed E-state index contributed by atoms with van der Waals surface area (Å²) in [6, 6.07) is 12.6. The smallest absolute Gasteiger partial charge is 0.269 e. The van der Waals surface area contributed by atoms with Gasteiger partial charge in [-0.15, -0.1) is 0 Å². The molecular weight excluding hydrogens is 442 g/mol. The van der Waals surface area contributed by atoms with Crippen molar-refractivity contribution in [2.24, 2.45) is 0 Å². The number of halogens is 1. The van der Waals surface area contributed by atoms with Crippen LogP contribution in [0.1, 0.15) is 5.56 Å². The van der Waals surface area contributed by atoms with Gasteiger partial charge in [-0.2, -0.15) is 0 Å². The van der Waals surface area contributed by atoms with Crippen molar-refractivity contribution >= 4 is 36.9 Å². The third-order valence-corrected chi connectivity index (χ3v) is 7.69. The third-order valence-electron chi connectivity index (χ3n) is 5.04. The molecule has 1 aliphatic heterocycles. The first-order valence-corrected chi connectivity index (χ1v) is 11.3. The molecule has 4 rings (SSSR count). The Balaban J connectivity index is 1.80. The second kappa shape index (κ2) is 7.87. The van der Waals surface area contributed by atoms with Gasteiger partial charge in [-0.25, -0.2) is 12.4 Å². The fourth-order valence-corrected chi connectivity index (χ4v) is 5.99. The molecule has 8 heteroatoms. The fraction of sp³-hybridized carbons (Fsp3) is 0.300. The first-order valence-electron chi connectivity index (χ1n) is 9.12. The van der Waals surface area contributed by atoms with E-state index in [9.17, 15) is 8.42 Å². The maximum atomic E-state index is 13.4. The zero-order chi connectivity index (χ0) is 19.7. The predicted octanol–water partition coefficient (Wildman–Crippen LogP) is 3.05. The lowest BCUT2D eigenvalue weighted by Crippen LogP contribution is -2.42. The van der Waals surface area contributed by atoms with Crippen LogP contribution in [0.5, 0.6) is 5.75 Å². The molecule has 0 spiro atoms. The number of benzene rings is 2. The predicted molar refractivity (Wildman–Crippen MR) is 113 cm³/mol. The molecule has 1 aliphatic rings. The summed E-state index contributed by atoms with van der Waals surface area (Å²) < 4.78 is 33.9. The maximum Gasteiger partial charge on any atom is 0.269 e. The van der Waals surface area contributed by atoms with Gasteiger partial charge in [-0.3, -0.25) is 4.90 Å². The van der Waals surface area contributed by atoms with E-state index >= 15 is 0 Å². The Hall–Kier alpha value is -1.87. The van der Waals surface area contributed by atoms with Crippen molar-refractivity contribution in [3.63, 3.8) is 0 Å². The monoisotopic (exact) mass is 463 g/mol. The standard InChI is InChI=1S/C20H22BrN3O3S/c1-27-16-6-7-20(18(21)12-16)28(25,26)24-14-15(13-23-10-8-22-9-11-23)17-4-2-3-5-19(17)24/h2-7,12,14,22H,8-11,13H2,1H3. The third kappa shape index (κ3) is 3.57. The topological polar surface area (TPSA) is 63.6 Å². The van der Waals surface area contributed by atoms with Gasteiger partial charge in [0.1, 0.15) is 10.6 Å². The van der Waals surface area contributed by atoms with Gasteiger partial charge in [0.2, 0.25) is 0 Å². The van der Waals surface area contributed by atoms with E-state index < -0.39 is 10.0 Å². The van der Waals surface area contributed by atoms with Crippen LogP contribution in [0.15, 0.2) is 58.0 Å². The van der Waals surface area contributed by atoms with E-state index in [1.165, 1.54) is 3.97 Å². The molecule has 1 aromatic heterocycles. The molecule has 0 radical (unpaired) electrons. The van der Waals surface area contributed by atoms with Crippen molar-refractivity contribution < 1.29 is 13.2 Å². The molecule has 2 aromatic carbocycles. The Bertz CT molecular complexity index is 1110. The molecule has 0 amide bonds. The first kappa shape index (κ1) is 19.4. The highest BCUT2D eigenvalue weighted by Gasteiger charge is 2.24. The molecule has 0 bridgehead atoms. The van der Waals surface area contributed by atoms with Crippen molar-refractivity contribution in [3.05, 3.63) is 58.7 Å². The quantitative estimate of drug-likeness (QED) is 0.629. The van der Waals surface area contributed by atoms with Gasteiger partial charge in [0, 0.05) is 48.8 Å². The zero-order valence-electron chi connectivity index (χ0n) is 15.6. The largest absolute Gasteiger partial charge is 0.497 e. The van der Waals surface area contributed by atoms with E-state index in [4.69, 9.17) is 4.74 Å². The molecule has 2 heterocycles. The molecule has 6 nitrogen and oxygen atoms in total. The Morgan fingerprint density at radius 1 is 1.14 bits per heavy atom. The average molecular weight is 464 g/mol. The summed E-state index contributed by atoms with van der Waals surface area (Å²) in [4.78, 5) is 2.56.